The van der Waals surface area contributed by atoms with Crippen molar-refractivity contribution in [2.45, 2.75) is 19.4 Å². The van der Waals surface area contributed by atoms with E-state index < -0.39 is 0 Å². The monoisotopic (exact) mass is 380 g/mol. The van der Waals surface area contributed by atoms with Crippen LogP contribution < -0.4 is 0 Å². The van der Waals surface area contributed by atoms with E-state index in [4.69, 9.17) is 16.0 Å². The molecule has 0 bridgehead atoms. The van der Waals surface area contributed by atoms with E-state index >= 15 is 0 Å². The molecule has 0 unspecified atom stereocenters. The van der Waals surface area contributed by atoms with Crippen LogP contribution in [0.1, 0.15) is 29.1 Å². The third-order valence-electron chi connectivity index (χ3n) is 5.06. The zero-order valence-electron chi connectivity index (χ0n) is 15.0. The van der Waals surface area contributed by atoms with E-state index in [1.807, 2.05) is 54.6 Å². The molecule has 0 radical (unpaired) electrons. The highest BCUT2D eigenvalue weighted by atomic mass is 35.5. The third-order valence-corrected chi connectivity index (χ3v) is 5.31. The van der Waals surface area contributed by atoms with E-state index in [2.05, 4.69) is 9.88 Å². The highest BCUT2D eigenvalue weighted by molar-refractivity contribution is 6.30. The number of likely N-dealkylation sites (tertiary alicyclic amines) is 1. The lowest BCUT2D eigenvalue weighted by Gasteiger charge is -2.30. The molecule has 1 aromatic heterocycles. The normalized spacial score (nSPS) is 15.7. The third kappa shape index (κ3) is 4.29. The van der Waals surface area contributed by atoms with E-state index in [0.29, 0.717) is 17.5 Å². The van der Waals surface area contributed by atoms with Crippen LogP contribution in [0.25, 0.3) is 11.3 Å². The number of benzene rings is 2. The van der Waals surface area contributed by atoms with Crippen molar-refractivity contribution in [2.24, 2.45) is 5.92 Å². The average molecular weight is 381 g/mol. The van der Waals surface area contributed by atoms with Gasteiger partial charge in [-0.1, -0.05) is 41.9 Å². The lowest BCUT2D eigenvalue weighted by molar-refractivity contribution is 0.0828. The van der Waals surface area contributed by atoms with E-state index in [1.54, 1.807) is 6.20 Å². The number of halogens is 1. The van der Waals surface area contributed by atoms with Crippen molar-refractivity contribution in [3.05, 3.63) is 77.3 Å². The van der Waals surface area contributed by atoms with Gasteiger partial charge in [0, 0.05) is 22.1 Å². The Bertz CT molecular complexity index is 898. The summed E-state index contributed by atoms with van der Waals surface area (Å²) in [4.78, 5) is 19.3. The van der Waals surface area contributed by atoms with E-state index in [-0.39, 0.29) is 11.7 Å². The van der Waals surface area contributed by atoms with Crippen LogP contribution in [0.2, 0.25) is 5.02 Å². The quantitative estimate of drug-likeness (QED) is 0.578. The molecule has 0 amide bonds. The molecule has 4 nitrogen and oxygen atoms in total. The minimum absolute atomic E-state index is 0.109. The van der Waals surface area contributed by atoms with Crippen LogP contribution in [-0.4, -0.2) is 28.8 Å². The molecule has 5 heteroatoms. The second-order valence-electron chi connectivity index (χ2n) is 6.91. The van der Waals surface area contributed by atoms with Crippen molar-refractivity contribution in [2.75, 3.05) is 13.1 Å². The Hall–Kier alpha value is -2.43. The fraction of sp³-hybridized carbons (Fsp3) is 0.273. The number of nitrogens with zero attached hydrogens (tertiary/aromatic N) is 2. The van der Waals surface area contributed by atoms with Crippen molar-refractivity contribution in [1.82, 2.24) is 9.88 Å². The smallest absolute Gasteiger partial charge is 0.209 e. The number of piperidine rings is 1. The zero-order chi connectivity index (χ0) is 18.6. The summed E-state index contributed by atoms with van der Waals surface area (Å²) in [6, 6.07) is 17.1. The van der Waals surface area contributed by atoms with Gasteiger partial charge in [-0.05, 0) is 50.2 Å². The number of hydrogen-bond donors (Lipinski definition) is 0. The van der Waals surface area contributed by atoms with Crippen LogP contribution in [0.4, 0.5) is 0 Å². The first-order valence-corrected chi connectivity index (χ1v) is 9.59. The lowest BCUT2D eigenvalue weighted by Crippen LogP contribution is -2.36. The van der Waals surface area contributed by atoms with Crippen molar-refractivity contribution < 1.29 is 9.21 Å². The van der Waals surface area contributed by atoms with Gasteiger partial charge in [0.2, 0.25) is 5.89 Å². The molecule has 138 valence electrons. The first-order valence-electron chi connectivity index (χ1n) is 9.21. The van der Waals surface area contributed by atoms with Gasteiger partial charge >= 0.3 is 0 Å². The first-order chi connectivity index (χ1) is 13.2. The molecule has 0 saturated carbocycles. The second kappa shape index (κ2) is 8.07. The van der Waals surface area contributed by atoms with Gasteiger partial charge in [0.1, 0.15) is 0 Å². The Morgan fingerprint density at radius 3 is 2.48 bits per heavy atom. The molecule has 0 aliphatic carbocycles. The van der Waals surface area contributed by atoms with Crippen LogP contribution in [0.15, 0.2) is 65.2 Å². The minimum atomic E-state index is 0.109. The topological polar surface area (TPSA) is 46.3 Å². The summed E-state index contributed by atoms with van der Waals surface area (Å²) in [7, 11) is 0. The minimum Gasteiger partial charge on any atom is -0.439 e. The highest BCUT2D eigenvalue weighted by Gasteiger charge is 2.26. The number of hydrogen-bond acceptors (Lipinski definition) is 4. The van der Waals surface area contributed by atoms with E-state index in [9.17, 15) is 4.79 Å². The Kier molecular flexibility index (Phi) is 5.37. The summed E-state index contributed by atoms with van der Waals surface area (Å²) in [5, 5.41) is 0.700. The highest BCUT2D eigenvalue weighted by Crippen LogP contribution is 2.25. The van der Waals surface area contributed by atoms with Gasteiger partial charge < -0.3 is 4.42 Å². The van der Waals surface area contributed by atoms with Crippen LogP contribution in [0.3, 0.4) is 0 Å². The van der Waals surface area contributed by atoms with Crippen molar-refractivity contribution >= 4 is 17.4 Å². The lowest BCUT2D eigenvalue weighted by atomic mass is 9.89. The summed E-state index contributed by atoms with van der Waals surface area (Å²) in [6.07, 6.45) is 3.50. The van der Waals surface area contributed by atoms with E-state index in [1.165, 1.54) is 0 Å². The predicted molar refractivity (Wildman–Crippen MR) is 106 cm³/mol. The number of carbonyl (C=O) groups excluding carboxylic acids is 1. The van der Waals surface area contributed by atoms with Crippen LogP contribution in [-0.2, 0) is 6.54 Å². The maximum Gasteiger partial charge on any atom is 0.209 e. The molecule has 0 N–H and O–H groups in total. The van der Waals surface area contributed by atoms with Gasteiger partial charge in [-0.25, -0.2) is 4.98 Å². The van der Waals surface area contributed by atoms with Crippen LogP contribution in [0, 0.1) is 5.92 Å². The SMILES string of the molecule is O=C(c1ccccc1)C1CCN(Cc2ncc(-c3ccc(Cl)cc3)o2)CC1. The number of aromatic nitrogens is 1. The molecule has 1 fully saturated rings. The Morgan fingerprint density at radius 2 is 1.78 bits per heavy atom. The van der Waals surface area contributed by atoms with Gasteiger partial charge in [0.05, 0.1) is 12.7 Å². The number of Topliss-reactive ketones (excluding diaryl/α,β-unsaturated/α-hetero) is 1. The predicted octanol–water partition coefficient (Wildman–Crippen LogP) is 5.09. The van der Waals surface area contributed by atoms with E-state index in [0.717, 1.165) is 42.8 Å². The molecule has 3 aromatic rings. The molecular formula is C22H21ClN2O2. The number of ketones is 1. The Labute approximate surface area is 163 Å². The summed E-state index contributed by atoms with van der Waals surface area (Å²) >= 11 is 5.93. The van der Waals surface area contributed by atoms with Crippen LogP contribution >= 0.6 is 11.6 Å². The van der Waals surface area contributed by atoms with Crippen LogP contribution in [0.5, 0.6) is 0 Å². The summed E-state index contributed by atoms with van der Waals surface area (Å²) < 4.78 is 5.89. The molecule has 0 spiro atoms. The molecule has 2 heterocycles. The van der Waals surface area contributed by atoms with Crippen molar-refractivity contribution in [3.63, 3.8) is 0 Å². The number of oxazole rings is 1. The molecule has 2 aromatic carbocycles. The fourth-order valence-electron chi connectivity index (χ4n) is 3.51. The Morgan fingerprint density at radius 1 is 1.07 bits per heavy atom. The maximum absolute atomic E-state index is 12.6. The zero-order valence-corrected chi connectivity index (χ0v) is 15.7. The summed E-state index contributed by atoms with van der Waals surface area (Å²) in [5.74, 6) is 1.82. The molecule has 1 saturated heterocycles. The van der Waals surface area contributed by atoms with Crippen molar-refractivity contribution in [1.29, 1.82) is 0 Å². The van der Waals surface area contributed by atoms with Gasteiger partial charge in [-0.2, -0.15) is 0 Å². The largest absolute Gasteiger partial charge is 0.439 e. The Balaban J connectivity index is 1.33. The summed E-state index contributed by atoms with van der Waals surface area (Å²) in [6.45, 7) is 2.42. The number of carbonyl (C=O) groups is 1. The van der Waals surface area contributed by atoms with Gasteiger partial charge in [0.25, 0.3) is 0 Å². The molecule has 1 aliphatic heterocycles. The molecule has 0 atom stereocenters. The van der Waals surface area contributed by atoms with Gasteiger partial charge in [0.15, 0.2) is 11.5 Å². The number of rotatable bonds is 5. The average Bonchev–Trinajstić information content (AvgIpc) is 3.18. The van der Waals surface area contributed by atoms with Gasteiger partial charge in [-0.3, -0.25) is 9.69 Å². The molecule has 4 rings (SSSR count). The fourth-order valence-corrected chi connectivity index (χ4v) is 3.64. The maximum atomic E-state index is 12.6. The van der Waals surface area contributed by atoms with Crippen molar-refractivity contribution in [3.8, 4) is 11.3 Å². The summed E-state index contributed by atoms with van der Waals surface area (Å²) in [5.41, 5.74) is 1.78. The molecule has 27 heavy (non-hydrogen) atoms. The molecular weight excluding hydrogens is 360 g/mol. The standard InChI is InChI=1S/C22H21ClN2O2/c23-19-8-6-16(7-9-19)20-14-24-21(27-20)15-25-12-10-18(11-13-25)22(26)17-4-2-1-3-5-17/h1-9,14,18H,10-13,15H2. The first kappa shape index (κ1) is 18.0. The van der Waals surface area contributed by atoms with Gasteiger partial charge in [-0.15, -0.1) is 0 Å². The second-order valence-corrected chi connectivity index (χ2v) is 7.34. The molecule has 1 aliphatic rings.